The topological polar surface area (TPSA) is 78.4 Å². The number of carbonyl (C=O) groups is 2. The van der Waals surface area contributed by atoms with Crippen molar-refractivity contribution in [2.45, 2.75) is 26.7 Å². The molecule has 0 fully saturated rings. The average molecular weight is 362 g/mol. The first-order valence-corrected chi connectivity index (χ1v) is 9.17. The Morgan fingerprint density at radius 3 is 2.52 bits per heavy atom. The molecule has 0 heterocycles. The van der Waals surface area contributed by atoms with Gasteiger partial charge >= 0.3 is 159 Å². The number of carboxylic acids is 1. The van der Waals surface area contributed by atoms with Gasteiger partial charge in [-0.1, -0.05) is 0 Å². The number of aromatic carboxylic acids is 1. The molecule has 138 valence electrons. The number of anilines is 1. The van der Waals surface area contributed by atoms with E-state index in [4.69, 9.17) is 0 Å². The van der Waals surface area contributed by atoms with Crippen molar-refractivity contribution >= 4 is 30.0 Å². The molecule has 2 aromatic rings. The number of carboxylic acid groups (broad SMARTS) is 1. The second-order valence-corrected chi connectivity index (χ2v) is 6.65. The number of ketones is 1. The third-order valence-corrected chi connectivity index (χ3v) is 4.90. The van der Waals surface area contributed by atoms with E-state index in [0.717, 1.165) is 23.9 Å². The van der Waals surface area contributed by atoms with Gasteiger partial charge in [0, 0.05) is 0 Å². The molecule has 27 heavy (non-hydrogen) atoms. The number of benzene rings is 2. The molecule has 0 amide bonds. The summed E-state index contributed by atoms with van der Waals surface area (Å²) in [5, 5.41) is 16.1. The third kappa shape index (κ3) is 3.27. The van der Waals surface area contributed by atoms with E-state index in [1.54, 1.807) is 20.0 Å². The Bertz CT molecular complexity index is 951. The van der Waals surface area contributed by atoms with Crippen molar-refractivity contribution in [3.63, 3.8) is 0 Å². The summed E-state index contributed by atoms with van der Waals surface area (Å²) in [5.74, 6) is -1.07. The molecule has 0 aliphatic heterocycles. The van der Waals surface area contributed by atoms with E-state index in [0.29, 0.717) is 34.5 Å². The van der Waals surface area contributed by atoms with Crippen LogP contribution >= 0.6 is 0 Å². The predicted molar refractivity (Wildman–Crippen MR) is 109 cm³/mol. The Kier molecular flexibility index (Phi) is 5.45. The Morgan fingerprint density at radius 2 is 1.89 bits per heavy atom. The molecular weight excluding hydrogens is 339 g/mol. The number of carbonyl (C=O) groups excluding carboxylic acids is 1. The second kappa shape index (κ2) is 7.78. The van der Waals surface area contributed by atoms with E-state index in [1.807, 2.05) is 31.3 Å². The van der Waals surface area contributed by atoms with E-state index < -0.39 is 5.97 Å². The molecule has 0 aromatic heterocycles. The number of unbranched alkanes of at least 4 members (excludes halogenated alkanes) is 1. The fourth-order valence-electron chi connectivity index (χ4n) is 3.65. The van der Waals surface area contributed by atoms with Crippen molar-refractivity contribution in [3.8, 4) is 0 Å². The van der Waals surface area contributed by atoms with Crippen LogP contribution in [0.25, 0.3) is 0 Å². The molecule has 0 radical (unpaired) electrons. The number of rotatable bonds is 6. The van der Waals surface area contributed by atoms with Crippen LogP contribution in [0.1, 0.15) is 62.7 Å². The number of fused-ring (bicyclic) bond motifs is 2. The van der Waals surface area contributed by atoms with E-state index in [2.05, 4.69) is 17.5 Å². The van der Waals surface area contributed by atoms with Crippen LogP contribution < -0.4 is 10.5 Å². The summed E-state index contributed by atoms with van der Waals surface area (Å²) < 4.78 is 0. The third-order valence-electron chi connectivity index (χ3n) is 4.90. The molecule has 0 saturated heterocycles. The van der Waals surface area contributed by atoms with Gasteiger partial charge in [0.1, 0.15) is 0 Å². The van der Waals surface area contributed by atoms with Crippen molar-refractivity contribution in [3.05, 3.63) is 63.7 Å². The molecule has 2 aromatic carbocycles. The number of nitrogens with one attached hydrogen (secondary N) is 2. The van der Waals surface area contributed by atoms with E-state index in [1.165, 1.54) is 0 Å². The molecule has 0 spiro atoms. The molecule has 3 rings (SSSR count). The SMILES string of the molecule is CCCCNc1cc2c(c(C)c1C(=O)O)C(=BNC)c1ccccc1C2=O. The van der Waals surface area contributed by atoms with Gasteiger partial charge in [0.2, 0.25) is 0 Å². The molecule has 0 saturated carbocycles. The molecule has 0 unspecified atom stereocenters. The van der Waals surface area contributed by atoms with Crippen molar-refractivity contribution in [1.82, 2.24) is 5.23 Å². The fraction of sp³-hybridized carbons (Fsp3) is 0.286. The Labute approximate surface area is 159 Å². The first kappa shape index (κ1) is 18.9. The summed E-state index contributed by atoms with van der Waals surface area (Å²) in [5.41, 5.74) is 4.83. The molecule has 6 heteroatoms. The fourth-order valence-corrected chi connectivity index (χ4v) is 3.65. The standard InChI is InChI=1S/C21H23BN2O3/c1-4-5-10-24-16-11-15-17(12(2)18(16)21(26)27)19(22-23-3)13-8-6-7-9-14(13)20(15)25/h6-9,11,23-24H,4-5,10H2,1-3H3,(H,26,27). The van der Waals surface area contributed by atoms with Crippen LogP contribution in [-0.4, -0.2) is 43.0 Å². The van der Waals surface area contributed by atoms with Crippen LogP contribution in [0.15, 0.2) is 30.3 Å². The van der Waals surface area contributed by atoms with Crippen molar-refractivity contribution in [1.29, 1.82) is 0 Å². The first-order chi connectivity index (χ1) is 13.0. The molecule has 1 aliphatic carbocycles. The van der Waals surface area contributed by atoms with Gasteiger partial charge in [0.25, 0.3) is 0 Å². The normalized spacial score (nSPS) is 13.6. The maximum absolute atomic E-state index is 13.2. The molecule has 5 nitrogen and oxygen atoms in total. The van der Waals surface area contributed by atoms with Crippen molar-refractivity contribution < 1.29 is 14.7 Å². The number of hydrogen-bond acceptors (Lipinski definition) is 4. The minimum atomic E-state index is -0.996. The first-order valence-electron chi connectivity index (χ1n) is 9.17. The van der Waals surface area contributed by atoms with Gasteiger partial charge in [-0.3, -0.25) is 0 Å². The monoisotopic (exact) mass is 362 g/mol. The quantitative estimate of drug-likeness (QED) is 0.464. The van der Waals surface area contributed by atoms with Gasteiger partial charge in [-0.25, -0.2) is 0 Å². The van der Waals surface area contributed by atoms with Gasteiger partial charge in [-0.05, 0) is 0 Å². The Hall–Kier alpha value is -2.89. The zero-order chi connectivity index (χ0) is 19.6. The van der Waals surface area contributed by atoms with Gasteiger partial charge in [-0.2, -0.15) is 0 Å². The van der Waals surface area contributed by atoms with E-state index >= 15 is 0 Å². The zero-order valence-electron chi connectivity index (χ0n) is 15.8. The molecule has 3 N–H and O–H groups in total. The van der Waals surface area contributed by atoms with Crippen molar-refractivity contribution in [2.75, 3.05) is 18.9 Å². The summed E-state index contributed by atoms with van der Waals surface area (Å²) in [7, 11) is 3.62. The molecular formula is C21H23BN2O3. The van der Waals surface area contributed by atoms with Gasteiger partial charge in [0.05, 0.1) is 0 Å². The van der Waals surface area contributed by atoms with Crippen LogP contribution in [0.3, 0.4) is 0 Å². The zero-order valence-corrected chi connectivity index (χ0v) is 15.8. The Morgan fingerprint density at radius 1 is 1.19 bits per heavy atom. The summed E-state index contributed by atoms with van der Waals surface area (Å²) >= 11 is 0. The van der Waals surface area contributed by atoms with Gasteiger partial charge in [-0.15, -0.1) is 0 Å². The summed E-state index contributed by atoms with van der Waals surface area (Å²) in [6, 6.07) is 9.14. The molecule has 1 aliphatic rings. The summed E-state index contributed by atoms with van der Waals surface area (Å²) in [6.07, 6.45) is 1.93. The van der Waals surface area contributed by atoms with Crippen LogP contribution in [0.4, 0.5) is 5.69 Å². The van der Waals surface area contributed by atoms with Crippen LogP contribution in [0, 0.1) is 6.92 Å². The van der Waals surface area contributed by atoms with Gasteiger partial charge in [0.15, 0.2) is 0 Å². The van der Waals surface area contributed by atoms with Gasteiger partial charge < -0.3 is 0 Å². The van der Waals surface area contributed by atoms with Crippen molar-refractivity contribution in [2.24, 2.45) is 0 Å². The molecule has 0 bridgehead atoms. The van der Waals surface area contributed by atoms with Crippen LogP contribution in [-0.2, 0) is 0 Å². The molecule has 0 atom stereocenters. The van der Waals surface area contributed by atoms with Crippen LogP contribution in [0.5, 0.6) is 0 Å². The maximum atomic E-state index is 13.2. The summed E-state index contributed by atoms with van der Waals surface area (Å²) in [6.45, 7) is 4.52. The van der Waals surface area contributed by atoms with E-state index in [-0.39, 0.29) is 11.3 Å². The minimum absolute atomic E-state index is 0.0765. The Balaban J connectivity index is 2.28. The van der Waals surface area contributed by atoms with Crippen LogP contribution in [0.2, 0.25) is 0 Å². The predicted octanol–water partition coefficient (Wildman–Crippen LogP) is 2.86. The number of hydrogen-bond donors (Lipinski definition) is 3. The van der Waals surface area contributed by atoms with E-state index in [9.17, 15) is 14.7 Å². The average Bonchev–Trinajstić information content (AvgIpc) is 2.65. The summed E-state index contributed by atoms with van der Waals surface area (Å²) in [4.78, 5) is 25.1. The second-order valence-electron chi connectivity index (χ2n) is 6.65.